The van der Waals surface area contributed by atoms with Crippen LogP contribution in [0.2, 0.25) is 0 Å². The van der Waals surface area contributed by atoms with Gasteiger partial charge in [0.25, 0.3) is 0 Å². The summed E-state index contributed by atoms with van der Waals surface area (Å²) in [5.41, 5.74) is 0.287. The lowest BCUT2D eigenvalue weighted by molar-refractivity contribution is 0.415. The molecule has 0 heterocycles. The Kier molecular flexibility index (Phi) is 22.4. The smallest absolute Gasteiger partial charge is 0.00965 e. The average molecular weight is 454 g/mol. The van der Waals surface area contributed by atoms with Gasteiger partial charge in [0.05, 0.1) is 0 Å². The van der Waals surface area contributed by atoms with Crippen molar-refractivity contribution in [3.63, 3.8) is 0 Å². The largest absolute Gasteiger partial charge is 0.312 e. The van der Waals surface area contributed by atoms with E-state index in [1.54, 1.807) is 0 Å². The molecule has 0 spiro atoms. The second-order valence-electron chi connectivity index (χ2n) is 8.48. The van der Waals surface area contributed by atoms with E-state index >= 15 is 0 Å². The van der Waals surface area contributed by atoms with E-state index in [1.807, 2.05) is 0 Å². The third kappa shape index (κ3) is 24.9. The molecule has 0 aliphatic heterocycles. The maximum atomic E-state index is 3.57. The molecule has 0 fully saturated rings. The SMILES string of the molecule is CCCCCCCCCCCCCCCCCCNC(C)(C)C.I. The van der Waals surface area contributed by atoms with E-state index in [2.05, 4.69) is 33.0 Å². The van der Waals surface area contributed by atoms with Gasteiger partial charge in [-0.05, 0) is 33.7 Å². The normalized spacial score (nSPS) is 11.5. The number of nitrogens with one attached hydrogen (secondary N) is 1. The third-order valence-corrected chi connectivity index (χ3v) is 4.69. The van der Waals surface area contributed by atoms with Gasteiger partial charge < -0.3 is 5.32 Å². The Balaban J connectivity index is 0. The molecule has 0 aliphatic carbocycles. The average Bonchev–Trinajstić information content (AvgIpc) is 2.49. The lowest BCUT2D eigenvalue weighted by atomic mass is 10.0. The predicted octanol–water partition coefficient (Wildman–Crippen LogP) is 8.25. The lowest BCUT2D eigenvalue weighted by Crippen LogP contribution is -2.36. The van der Waals surface area contributed by atoms with Crippen molar-refractivity contribution in [2.75, 3.05) is 6.54 Å². The first-order chi connectivity index (χ1) is 11.1. The van der Waals surface area contributed by atoms with Crippen LogP contribution in [0.25, 0.3) is 0 Å². The summed E-state index contributed by atoms with van der Waals surface area (Å²) in [7, 11) is 0. The van der Waals surface area contributed by atoms with Crippen LogP contribution in [-0.4, -0.2) is 12.1 Å². The van der Waals surface area contributed by atoms with Crippen molar-refractivity contribution in [1.82, 2.24) is 5.32 Å². The van der Waals surface area contributed by atoms with Gasteiger partial charge in [-0.25, -0.2) is 0 Å². The fourth-order valence-corrected chi connectivity index (χ4v) is 3.14. The molecule has 0 aromatic heterocycles. The zero-order chi connectivity index (χ0) is 17.2. The van der Waals surface area contributed by atoms with Crippen molar-refractivity contribution >= 4 is 24.0 Å². The Bertz CT molecular complexity index is 223. The zero-order valence-corrected chi connectivity index (χ0v) is 19.8. The molecule has 0 unspecified atom stereocenters. The van der Waals surface area contributed by atoms with Gasteiger partial charge in [-0.3, -0.25) is 0 Å². The molecular formula is C22H48IN. The summed E-state index contributed by atoms with van der Waals surface area (Å²) >= 11 is 0. The van der Waals surface area contributed by atoms with Crippen molar-refractivity contribution < 1.29 is 0 Å². The van der Waals surface area contributed by atoms with Gasteiger partial charge >= 0.3 is 0 Å². The van der Waals surface area contributed by atoms with Crippen LogP contribution in [0.1, 0.15) is 130 Å². The van der Waals surface area contributed by atoms with Gasteiger partial charge in [0.15, 0.2) is 0 Å². The van der Waals surface area contributed by atoms with Crippen molar-refractivity contribution in [2.45, 2.75) is 136 Å². The van der Waals surface area contributed by atoms with Crippen LogP contribution in [0.3, 0.4) is 0 Å². The first-order valence-electron chi connectivity index (χ1n) is 10.8. The summed E-state index contributed by atoms with van der Waals surface area (Å²) in [6.45, 7) is 10.2. The quantitative estimate of drug-likeness (QED) is 0.173. The highest BCUT2D eigenvalue weighted by Gasteiger charge is 2.06. The van der Waals surface area contributed by atoms with E-state index in [4.69, 9.17) is 0 Å². The zero-order valence-electron chi connectivity index (χ0n) is 17.4. The second kappa shape index (κ2) is 20.0. The highest BCUT2D eigenvalue weighted by atomic mass is 127. The van der Waals surface area contributed by atoms with Gasteiger partial charge in [0, 0.05) is 5.54 Å². The molecule has 1 N–H and O–H groups in total. The molecule has 0 amide bonds. The Morgan fingerprint density at radius 2 is 0.792 bits per heavy atom. The minimum absolute atomic E-state index is 0. The number of halogens is 1. The van der Waals surface area contributed by atoms with Gasteiger partial charge in [0.2, 0.25) is 0 Å². The minimum atomic E-state index is 0. The third-order valence-electron chi connectivity index (χ3n) is 4.69. The predicted molar refractivity (Wildman–Crippen MR) is 123 cm³/mol. The molecule has 0 aromatic carbocycles. The molecule has 0 saturated heterocycles. The summed E-state index contributed by atoms with van der Waals surface area (Å²) in [5, 5.41) is 3.57. The fourth-order valence-electron chi connectivity index (χ4n) is 3.14. The van der Waals surface area contributed by atoms with Gasteiger partial charge in [0.1, 0.15) is 0 Å². The van der Waals surface area contributed by atoms with Crippen molar-refractivity contribution in [2.24, 2.45) is 0 Å². The molecule has 1 nitrogen and oxygen atoms in total. The van der Waals surface area contributed by atoms with Crippen molar-refractivity contribution in [3.8, 4) is 0 Å². The van der Waals surface area contributed by atoms with Crippen LogP contribution in [-0.2, 0) is 0 Å². The number of rotatable bonds is 17. The fraction of sp³-hybridized carbons (Fsp3) is 1.00. The Labute approximate surface area is 171 Å². The maximum absolute atomic E-state index is 3.57. The summed E-state index contributed by atoms with van der Waals surface area (Å²) in [4.78, 5) is 0. The standard InChI is InChI=1S/C22H47N.HI/c1-5-6-7-8-9-10-11-12-13-14-15-16-17-18-19-20-21-23-22(2,3)4;/h23H,5-21H2,1-4H3;1H. The van der Waals surface area contributed by atoms with Crippen LogP contribution >= 0.6 is 24.0 Å². The van der Waals surface area contributed by atoms with E-state index < -0.39 is 0 Å². The first kappa shape index (κ1) is 26.9. The van der Waals surface area contributed by atoms with Crippen LogP contribution in [0, 0.1) is 0 Å². The van der Waals surface area contributed by atoms with E-state index in [9.17, 15) is 0 Å². The minimum Gasteiger partial charge on any atom is -0.312 e. The Morgan fingerprint density at radius 1 is 0.500 bits per heavy atom. The number of unbranched alkanes of at least 4 members (excludes halogenated alkanes) is 15. The molecule has 24 heavy (non-hydrogen) atoms. The summed E-state index contributed by atoms with van der Waals surface area (Å²) < 4.78 is 0. The Hall–Kier alpha value is 0.690. The van der Waals surface area contributed by atoms with E-state index in [0.29, 0.717) is 0 Å². The molecule has 0 aliphatic rings. The van der Waals surface area contributed by atoms with Crippen LogP contribution in [0.4, 0.5) is 0 Å². The topological polar surface area (TPSA) is 12.0 Å². The summed E-state index contributed by atoms with van der Waals surface area (Å²) in [6.07, 6.45) is 23.2. The van der Waals surface area contributed by atoms with Crippen LogP contribution < -0.4 is 5.32 Å². The van der Waals surface area contributed by atoms with Crippen molar-refractivity contribution in [1.29, 1.82) is 0 Å². The Morgan fingerprint density at radius 3 is 1.08 bits per heavy atom. The van der Waals surface area contributed by atoms with E-state index in [-0.39, 0.29) is 29.5 Å². The molecule has 148 valence electrons. The number of hydrogen-bond acceptors (Lipinski definition) is 1. The molecular weight excluding hydrogens is 405 g/mol. The van der Waals surface area contributed by atoms with Crippen LogP contribution in [0.15, 0.2) is 0 Å². The van der Waals surface area contributed by atoms with E-state index in [0.717, 1.165) is 0 Å². The highest BCUT2D eigenvalue weighted by molar-refractivity contribution is 14.0. The summed E-state index contributed by atoms with van der Waals surface area (Å²) in [5.74, 6) is 0. The molecule has 0 radical (unpaired) electrons. The molecule has 0 rings (SSSR count). The molecule has 0 atom stereocenters. The second-order valence-corrected chi connectivity index (χ2v) is 8.48. The van der Waals surface area contributed by atoms with Crippen LogP contribution in [0.5, 0.6) is 0 Å². The van der Waals surface area contributed by atoms with E-state index in [1.165, 1.54) is 109 Å². The highest BCUT2D eigenvalue weighted by Crippen LogP contribution is 2.13. The molecule has 0 bridgehead atoms. The molecule has 0 aromatic rings. The maximum Gasteiger partial charge on any atom is 0.00965 e. The van der Waals surface area contributed by atoms with Gasteiger partial charge in [-0.15, -0.1) is 24.0 Å². The number of hydrogen-bond donors (Lipinski definition) is 1. The molecule has 0 saturated carbocycles. The lowest BCUT2D eigenvalue weighted by Gasteiger charge is -2.20. The van der Waals surface area contributed by atoms with Crippen molar-refractivity contribution in [3.05, 3.63) is 0 Å². The molecule has 2 heteroatoms. The summed E-state index contributed by atoms with van der Waals surface area (Å²) in [6, 6.07) is 0. The van der Waals surface area contributed by atoms with Gasteiger partial charge in [-0.2, -0.15) is 0 Å². The van der Waals surface area contributed by atoms with Gasteiger partial charge in [-0.1, -0.05) is 103 Å². The first-order valence-corrected chi connectivity index (χ1v) is 10.8. The monoisotopic (exact) mass is 453 g/mol.